The van der Waals surface area contributed by atoms with Gasteiger partial charge in [-0.3, -0.25) is 4.79 Å². The summed E-state index contributed by atoms with van der Waals surface area (Å²) in [6, 6.07) is 0. The second-order valence-corrected chi connectivity index (χ2v) is 5.68. The van der Waals surface area contributed by atoms with E-state index in [-0.39, 0.29) is 17.2 Å². The lowest BCUT2D eigenvalue weighted by Crippen LogP contribution is -2.34. The van der Waals surface area contributed by atoms with Gasteiger partial charge in [0.05, 0.1) is 6.20 Å². The van der Waals surface area contributed by atoms with Crippen molar-refractivity contribution < 1.29 is 9.21 Å². The standard InChI is InChI=1S/C13H21N3O2/c1-13(2,3)10-9-15-11(18-10)12(17)16-7-4-5-14-6-8-16/h9,14H,4-8H2,1-3H3. The molecule has 5 nitrogen and oxygen atoms in total. The van der Waals surface area contributed by atoms with Gasteiger partial charge in [0.15, 0.2) is 0 Å². The number of aromatic nitrogens is 1. The smallest absolute Gasteiger partial charge is 0.309 e. The SMILES string of the molecule is CC(C)(C)c1cnc(C(=O)N2CCCNCC2)o1. The van der Waals surface area contributed by atoms with Crippen LogP contribution in [0.3, 0.4) is 0 Å². The fourth-order valence-electron chi connectivity index (χ4n) is 1.90. The van der Waals surface area contributed by atoms with Crippen LogP contribution in [0.15, 0.2) is 10.6 Å². The van der Waals surface area contributed by atoms with Crippen molar-refractivity contribution in [2.75, 3.05) is 26.2 Å². The number of hydrogen-bond donors (Lipinski definition) is 1. The Kier molecular flexibility index (Phi) is 3.71. The summed E-state index contributed by atoms with van der Waals surface area (Å²) in [7, 11) is 0. The molecule has 100 valence electrons. The van der Waals surface area contributed by atoms with E-state index in [2.05, 4.69) is 10.3 Å². The van der Waals surface area contributed by atoms with E-state index >= 15 is 0 Å². The zero-order valence-corrected chi connectivity index (χ0v) is 11.3. The molecule has 0 atom stereocenters. The fourth-order valence-corrected chi connectivity index (χ4v) is 1.90. The summed E-state index contributed by atoms with van der Waals surface area (Å²) in [5.41, 5.74) is -0.119. The van der Waals surface area contributed by atoms with Crippen LogP contribution >= 0.6 is 0 Å². The maximum Gasteiger partial charge on any atom is 0.309 e. The first-order chi connectivity index (χ1) is 8.48. The number of carbonyl (C=O) groups is 1. The van der Waals surface area contributed by atoms with Crippen LogP contribution in [-0.2, 0) is 5.41 Å². The highest BCUT2D eigenvalue weighted by molar-refractivity contribution is 5.89. The van der Waals surface area contributed by atoms with Crippen molar-refractivity contribution in [1.29, 1.82) is 0 Å². The monoisotopic (exact) mass is 251 g/mol. The molecule has 1 aliphatic heterocycles. The van der Waals surface area contributed by atoms with Gasteiger partial charge in [0, 0.05) is 25.0 Å². The molecular weight excluding hydrogens is 230 g/mol. The van der Waals surface area contributed by atoms with E-state index in [1.54, 1.807) is 11.1 Å². The Morgan fingerprint density at radius 2 is 2.17 bits per heavy atom. The summed E-state index contributed by atoms with van der Waals surface area (Å²) in [4.78, 5) is 18.1. The minimum atomic E-state index is -0.119. The lowest BCUT2D eigenvalue weighted by molar-refractivity contribution is 0.0723. The molecule has 1 amide bonds. The lowest BCUT2D eigenvalue weighted by Gasteiger charge is -2.18. The summed E-state index contributed by atoms with van der Waals surface area (Å²) in [6.45, 7) is 9.39. The molecule has 1 aromatic rings. The van der Waals surface area contributed by atoms with E-state index in [0.717, 1.165) is 31.8 Å². The predicted molar refractivity (Wildman–Crippen MR) is 68.6 cm³/mol. The van der Waals surface area contributed by atoms with E-state index in [1.807, 2.05) is 20.8 Å². The van der Waals surface area contributed by atoms with Crippen molar-refractivity contribution in [1.82, 2.24) is 15.2 Å². The normalized spacial score (nSPS) is 17.6. The van der Waals surface area contributed by atoms with E-state index in [9.17, 15) is 4.79 Å². The van der Waals surface area contributed by atoms with Gasteiger partial charge in [0.25, 0.3) is 5.89 Å². The number of rotatable bonds is 1. The third-order valence-electron chi connectivity index (χ3n) is 3.06. The van der Waals surface area contributed by atoms with Gasteiger partial charge in [-0.05, 0) is 13.0 Å². The topological polar surface area (TPSA) is 58.4 Å². The highest BCUT2D eigenvalue weighted by Crippen LogP contribution is 2.23. The first kappa shape index (κ1) is 13.1. The van der Waals surface area contributed by atoms with Crippen molar-refractivity contribution in [3.63, 3.8) is 0 Å². The number of oxazole rings is 1. The molecule has 1 aromatic heterocycles. The van der Waals surface area contributed by atoms with Crippen LogP contribution in [0.25, 0.3) is 0 Å². The molecule has 1 N–H and O–H groups in total. The minimum absolute atomic E-state index is 0.103. The molecule has 2 rings (SSSR count). The van der Waals surface area contributed by atoms with Gasteiger partial charge in [-0.15, -0.1) is 0 Å². The first-order valence-electron chi connectivity index (χ1n) is 6.45. The number of amides is 1. The number of hydrogen-bond acceptors (Lipinski definition) is 4. The predicted octanol–water partition coefficient (Wildman–Crippen LogP) is 1.41. The van der Waals surface area contributed by atoms with Crippen LogP contribution in [0.5, 0.6) is 0 Å². The van der Waals surface area contributed by atoms with Crippen LogP contribution in [0, 0.1) is 0 Å². The van der Waals surface area contributed by atoms with Gasteiger partial charge < -0.3 is 14.6 Å². The van der Waals surface area contributed by atoms with E-state index in [1.165, 1.54) is 0 Å². The van der Waals surface area contributed by atoms with Crippen molar-refractivity contribution >= 4 is 5.91 Å². The molecule has 0 radical (unpaired) electrons. The average Bonchev–Trinajstić information content (AvgIpc) is 2.65. The molecule has 1 saturated heterocycles. The molecule has 0 aliphatic carbocycles. The molecule has 0 spiro atoms. The van der Waals surface area contributed by atoms with Gasteiger partial charge in [-0.25, -0.2) is 4.98 Å². The fraction of sp³-hybridized carbons (Fsp3) is 0.692. The van der Waals surface area contributed by atoms with Crippen LogP contribution < -0.4 is 5.32 Å². The quantitative estimate of drug-likeness (QED) is 0.820. The van der Waals surface area contributed by atoms with Crippen molar-refractivity contribution in [3.8, 4) is 0 Å². The van der Waals surface area contributed by atoms with Crippen LogP contribution in [0.1, 0.15) is 43.6 Å². The summed E-state index contributed by atoms with van der Waals surface area (Å²) in [5.74, 6) is 0.856. The summed E-state index contributed by atoms with van der Waals surface area (Å²) in [5, 5.41) is 3.27. The van der Waals surface area contributed by atoms with E-state index < -0.39 is 0 Å². The van der Waals surface area contributed by atoms with Gasteiger partial charge in [0.2, 0.25) is 0 Å². The van der Waals surface area contributed by atoms with Gasteiger partial charge >= 0.3 is 5.91 Å². The second-order valence-electron chi connectivity index (χ2n) is 5.68. The molecule has 18 heavy (non-hydrogen) atoms. The van der Waals surface area contributed by atoms with Crippen LogP contribution in [-0.4, -0.2) is 42.0 Å². The zero-order valence-electron chi connectivity index (χ0n) is 11.3. The number of carbonyl (C=O) groups excluding carboxylic acids is 1. The maximum absolute atomic E-state index is 12.2. The third-order valence-corrected chi connectivity index (χ3v) is 3.06. The summed E-state index contributed by atoms with van der Waals surface area (Å²) >= 11 is 0. The van der Waals surface area contributed by atoms with Crippen molar-refractivity contribution in [2.45, 2.75) is 32.6 Å². The van der Waals surface area contributed by atoms with Gasteiger partial charge in [-0.2, -0.15) is 0 Å². The average molecular weight is 251 g/mol. The summed E-state index contributed by atoms with van der Waals surface area (Å²) in [6.07, 6.45) is 2.63. The Morgan fingerprint density at radius 1 is 1.39 bits per heavy atom. The number of nitrogens with one attached hydrogen (secondary N) is 1. The van der Waals surface area contributed by atoms with Crippen molar-refractivity contribution in [2.24, 2.45) is 0 Å². The zero-order chi connectivity index (χ0) is 13.2. The first-order valence-corrected chi connectivity index (χ1v) is 6.45. The Morgan fingerprint density at radius 3 is 2.83 bits per heavy atom. The van der Waals surface area contributed by atoms with E-state index in [0.29, 0.717) is 6.54 Å². The Bertz CT molecular complexity index is 412. The second kappa shape index (κ2) is 5.10. The summed E-state index contributed by atoms with van der Waals surface area (Å²) < 4.78 is 5.58. The minimum Gasteiger partial charge on any atom is -0.437 e. The molecule has 1 aliphatic rings. The Balaban J connectivity index is 2.10. The van der Waals surface area contributed by atoms with Gasteiger partial charge in [0.1, 0.15) is 5.76 Å². The third kappa shape index (κ3) is 2.90. The Labute approximate surface area is 108 Å². The maximum atomic E-state index is 12.2. The molecule has 2 heterocycles. The number of nitrogens with zero attached hydrogens (tertiary/aromatic N) is 2. The van der Waals surface area contributed by atoms with Gasteiger partial charge in [-0.1, -0.05) is 20.8 Å². The highest BCUT2D eigenvalue weighted by atomic mass is 16.4. The Hall–Kier alpha value is -1.36. The molecule has 0 unspecified atom stereocenters. The molecule has 1 fully saturated rings. The molecule has 5 heteroatoms. The van der Waals surface area contributed by atoms with Crippen LogP contribution in [0.4, 0.5) is 0 Å². The van der Waals surface area contributed by atoms with Crippen molar-refractivity contribution in [3.05, 3.63) is 17.8 Å². The largest absolute Gasteiger partial charge is 0.437 e. The molecule has 0 aromatic carbocycles. The lowest BCUT2D eigenvalue weighted by atomic mass is 9.94. The van der Waals surface area contributed by atoms with Crippen LogP contribution in [0.2, 0.25) is 0 Å². The highest BCUT2D eigenvalue weighted by Gasteiger charge is 2.25. The molecule has 0 saturated carbocycles. The van der Waals surface area contributed by atoms with E-state index in [4.69, 9.17) is 4.42 Å². The molecular formula is C13H21N3O2. The molecule has 0 bridgehead atoms.